The second kappa shape index (κ2) is 11.3. The highest BCUT2D eigenvalue weighted by molar-refractivity contribution is 7.91. The zero-order chi connectivity index (χ0) is 27.7. The summed E-state index contributed by atoms with van der Waals surface area (Å²) in [7, 11) is -3.29. The summed E-state index contributed by atoms with van der Waals surface area (Å²) in [5.74, 6) is -0.857. The van der Waals surface area contributed by atoms with E-state index in [9.17, 15) is 26.4 Å². The lowest BCUT2D eigenvalue weighted by Crippen LogP contribution is -2.35. The number of nitrogens with one attached hydrogen (secondary N) is 1. The maximum atomic E-state index is 13.1. The minimum Gasteiger partial charge on any atom is -0.324 e. The van der Waals surface area contributed by atoms with Crippen molar-refractivity contribution in [3.05, 3.63) is 53.3 Å². The van der Waals surface area contributed by atoms with E-state index in [1.165, 1.54) is 12.1 Å². The molecule has 0 saturated heterocycles. The van der Waals surface area contributed by atoms with Crippen LogP contribution < -0.4 is 5.32 Å². The van der Waals surface area contributed by atoms with E-state index in [0.29, 0.717) is 30.6 Å². The minimum atomic E-state index is -4.10. The molecule has 1 atom stereocenters. The van der Waals surface area contributed by atoms with Crippen LogP contribution in [0.25, 0.3) is 0 Å². The first-order valence-electron chi connectivity index (χ1n) is 13.3. The number of carbonyl (C=O) groups is 1. The molecular formula is C28H36F3N3O3S. The van der Waals surface area contributed by atoms with Crippen LogP contribution in [0.4, 0.5) is 18.9 Å². The molecular weight excluding hydrogens is 515 g/mol. The predicted octanol–water partition coefficient (Wildman–Crippen LogP) is 5.94. The Kier molecular flexibility index (Phi) is 8.52. The van der Waals surface area contributed by atoms with Crippen molar-refractivity contribution in [2.45, 2.75) is 76.5 Å². The zero-order valence-corrected chi connectivity index (χ0v) is 22.9. The van der Waals surface area contributed by atoms with Gasteiger partial charge in [-0.3, -0.25) is 14.7 Å². The second-order valence-electron chi connectivity index (χ2n) is 10.9. The van der Waals surface area contributed by atoms with Crippen LogP contribution >= 0.6 is 0 Å². The SMILES string of the molecule is CCS(=O)(=O)c1ccc(CC(=O)Nc2cnc3c(c2)CN(C[C@H]2CC[C@H](C(F)(F)F)CC2)[C@H]3C(C)C)cc1. The van der Waals surface area contributed by atoms with Crippen molar-refractivity contribution in [2.75, 3.05) is 17.6 Å². The average molecular weight is 552 g/mol. The van der Waals surface area contributed by atoms with Crippen molar-refractivity contribution in [3.8, 4) is 0 Å². The number of hydrogen-bond acceptors (Lipinski definition) is 5. The lowest BCUT2D eigenvalue weighted by molar-refractivity contribution is -0.184. The van der Waals surface area contributed by atoms with Gasteiger partial charge >= 0.3 is 6.18 Å². The number of fused-ring (bicyclic) bond motifs is 1. The number of sulfone groups is 1. The van der Waals surface area contributed by atoms with Gasteiger partial charge in [-0.2, -0.15) is 13.2 Å². The number of nitrogens with zero attached hydrogens (tertiary/aromatic N) is 2. The van der Waals surface area contributed by atoms with Crippen molar-refractivity contribution >= 4 is 21.4 Å². The molecule has 2 aromatic rings. The van der Waals surface area contributed by atoms with E-state index in [1.807, 2.05) is 6.07 Å². The molecule has 38 heavy (non-hydrogen) atoms. The van der Waals surface area contributed by atoms with Gasteiger partial charge in [-0.1, -0.05) is 32.9 Å². The van der Waals surface area contributed by atoms with Crippen LogP contribution in [0.1, 0.15) is 69.3 Å². The molecule has 0 radical (unpaired) electrons. The van der Waals surface area contributed by atoms with Crippen LogP contribution in [0, 0.1) is 17.8 Å². The van der Waals surface area contributed by atoms with Gasteiger partial charge in [0.15, 0.2) is 9.84 Å². The number of halogens is 3. The Morgan fingerprint density at radius 3 is 2.37 bits per heavy atom. The van der Waals surface area contributed by atoms with Gasteiger partial charge in [0, 0.05) is 13.1 Å². The monoisotopic (exact) mass is 551 g/mol. The van der Waals surface area contributed by atoms with E-state index in [2.05, 4.69) is 29.0 Å². The van der Waals surface area contributed by atoms with Gasteiger partial charge < -0.3 is 5.32 Å². The number of carbonyl (C=O) groups excluding carboxylic acids is 1. The predicted molar refractivity (Wildman–Crippen MR) is 140 cm³/mol. The first-order chi connectivity index (χ1) is 17.9. The summed E-state index contributed by atoms with van der Waals surface area (Å²) in [6.45, 7) is 7.24. The molecule has 6 nitrogen and oxygen atoms in total. The largest absolute Gasteiger partial charge is 0.391 e. The van der Waals surface area contributed by atoms with E-state index < -0.39 is 21.9 Å². The Bertz CT molecular complexity index is 1240. The topological polar surface area (TPSA) is 79.4 Å². The molecule has 1 aromatic heterocycles. The molecule has 4 rings (SSSR count). The number of anilines is 1. The van der Waals surface area contributed by atoms with Crippen molar-refractivity contribution in [1.29, 1.82) is 0 Å². The zero-order valence-electron chi connectivity index (χ0n) is 22.1. The maximum absolute atomic E-state index is 13.1. The Balaban J connectivity index is 1.38. The van der Waals surface area contributed by atoms with Crippen molar-refractivity contribution < 1.29 is 26.4 Å². The van der Waals surface area contributed by atoms with E-state index in [-0.39, 0.29) is 53.7 Å². The van der Waals surface area contributed by atoms with Crippen LogP contribution in [-0.2, 0) is 27.6 Å². The minimum absolute atomic E-state index is 0.0203. The van der Waals surface area contributed by atoms with E-state index in [1.54, 1.807) is 25.3 Å². The maximum Gasteiger partial charge on any atom is 0.391 e. The summed E-state index contributed by atoms with van der Waals surface area (Å²) in [6, 6.07) is 8.37. The van der Waals surface area contributed by atoms with Gasteiger partial charge in [0.2, 0.25) is 5.91 Å². The number of rotatable bonds is 8. The molecule has 10 heteroatoms. The normalized spacial score (nSPS) is 22.4. The van der Waals surface area contributed by atoms with Gasteiger partial charge in [0.05, 0.1) is 46.6 Å². The van der Waals surface area contributed by atoms with Gasteiger partial charge in [0.1, 0.15) is 0 Å². The van der Waals surface area contributed by atoms with Gasteiger partial charge in [-0.05, 0) is 66.8 Å². The molecule has 0 spiro atoms. The highest BCUT2D eigenvalue weighted by Crippen LogP contribution is 2.43. The van der Waals surface area contributed by atoms with Crippen LogP contribution in [0.5, 0.6) is 0 Å². The molecule has 1 N–H and O–H groups in total. The molecule has 208 valence electrons. The first kappa shape index (κ1) is 28.5. The Morgan fingerprint density at radius 2 is 1.79 bits per heavy atom. The smallest absolute Gasteiger partial charge is 0.324 e. The fourth-order valence-electron chi connectivity index (χ4n) is 5.76. The molecule has 2 heterocycles. The summed E-state index contributed by atoms with van der Waals surface area (Å²) in [4.78, 5) is 19.9. The number of aromatic nitrogens is 1. The van der Waals surface area contributed by atoms with Crippen LogP contribution in [-0.4, -0.2) is 42.7 Å². The van der Waals surface area contributed by atoms with Crippen molar-refractivity contribution in [1.82, 2.24) is 9.88 Å². The fraction of sp³-hybridized carbons (Fsp3) is 0.571. The summed E-state index contributed by atoms with van der Waals surface area (Å²) in [5, 5.41) is 2.89. The standard InChI is InChI=1S/C28H36F3N3O3S/c1-4-38(36,37)24-11-7-19(8-12-24)13-25(35)33-23-14-21-17-34(27(18(2)3)26(21)32-15-23)16-20-5-9-22(10-6-20)28(29,30)31/h7-8,11-12,14-15,18,20,22,27H,4-6,9-10,13,16-17H2,1-3H3,(H,33,35)/t20-,22-,27-/m0/s1. The molecule has 1 saturated carbocycles. The molecule has 2 aliphatic rings. The summed E-state index contributed by atoms with van der Waals surface area (Å²) in [5.41, 5.74) is 3.29. The third kappa shape index (κ3) is 6.57. The number of benzene rings is 1. The molecule has 1 aliphatic carbocycles. The van der Waals surface area contributed by atoms with E-state index in [0.717, 1.165) is 17.8 Å². The molecule has 0 unspecified atom stereocenters. The molecule has 1 aromatic carbocycles. The first-order valence-corrected chi connectivity index (χ1v) is 14.9. The number of amides is 1. The molecule has 1 aliphatic heterocycles. The quantitative estimate of drug-likeness (QED) is 0.440. The Morgan fingerprint density at radius 1 is 1.13 bits per heavy atom. The third-order valence-corrected chi connectivity index (χ3v) is 9.54. The van der Waals surface area contributed by atoms with Crippen molar-refractivity contribution in [3.63, 3.8) is 0 Å². The summed E-state index contributed by atoms with van der Waals surface area (Å²) in [6.07, 6.45) is -0.769. The number of alkyl halides is 3. The number of pyridine rings is 1. The second-order valence-corrected chi connectivity index (χ2v) is 13.2. The fourth-order valence-corrected chi connectivity index (χ4v) is 6.65. The molecule has 1 amide bonds. The summed E-state index contributed by atoms with van der Waals surface area (Å²) >= 11 is 0. The highest BCUT2D eigenvalue weighted by Gasteiger charge is 2.42. The Hall–Kier alpha value is -2.46. The van der Waals surface area contributed by atoms with Crippen LogP contribution in [0.15, 0.2) is 41.4 Å². The average Bonchev–Trinajstić information content (AvgIpc) is 3.21. The molecule has 1 fully saturated rings. The number of hydrogen-bond donors (Lipinski definition) is 1. The van der Waals surface area contributed by atoms with Gasteiger partial charge in [-0.25, -0.2) is 8.42 Å². The van der Waals surface area contributed by atoms with Crippen LogP contribution in [0.2, 0.25) is 0 Å². The van der Waals surface area contributed by atoms with Crippen LogP contribution in [0.3, 0.4) is 0 Å². The van der Waals surface area contributed by atoms with Crippen molar-refractivity contribution in [2.24, 2.45) is 17.8 Å². The summed E-state index contributed by atoms with van der Waals surface area (Å²) < 4.78 is 63.2. The molecule has 0 bridgehead atoms. The van der Waals surface area contributed by atoms with E-state index >= 15 is 0 Å². The van der Waals surface area contributed by atoms with Gasteiger partial charge in [-0.15, -0.1) is 0 Å². The Labute approximate surface area is 222 Å². The third-order valence-electron chi connectivity index (χ3n) is 7.79. The lowest BCUT2D eigenvalue weighted by atomic mass is 9.81. The van der Waals surface area contributed by atoms with E-state index in [4.69, 9.17) is 0 Å². The lowest BCUT2D eigenvalue weighted by Gasteiger charge is -2.35. The highest BCUT2D eigenvalue weighted by atomic mass is 32.2. The van der Waals surface area contributed by atoms with Gasteiger partial charge in [0.25, 0.3) is 0 Å².